The molecule has 0 aromatic carbocycles. The lowest BCUT2D eigenvalue weighted by molar-refractivity contribution is 0.432. The highest BCUT2D eigenvalue weighted by Gasteiger charge is 2.27. The largest absolute Gasteiger partial charge is 0.223 e. The molecule has 0 aliphatic carbocycles. The Hall–Kier alpha value is -0.0300. The van der Waals surface area contributed by atoms with Gasteiger partial charge in [-0.3, -0.25) is 0 Å². The summed E-state index contributed by atoms with van der Waals surface area (Å²) in [5.74, 6) is 0.526. The molecular formula is C30H38Br2O2S5. The molecule has 0 fully saturated rings. The summed E-state index contributed by atoms with van der Waals surface area (Å²) in [7, 11) is -3.36. The van der Waals surface area contributed by atoms with E-state index in [1.54, 1.807) is 34.0 Å². The predicted molar refractivity (Wildman–Crippen MR) is 184 cm³/mol. The highest BCUT2D eigenvalue weighted by Crippen LogP contribution is 2.52. The molecular weight excluding hydrogens is 712 g/mol. The van der Waals surface area contributed by atoms with Gasteiger partial charge in [0.1, 0.15) is 4.21 Å². The number of halogens is 2. The molecule has 1 atom stereocenters. The zero-order valence-electron chi connectivity index (χ0n) is 22.8. The van der Waals surface area contributed by atoms with E-state index in [1.165, 1.54) is 82.2 Å². The van der Waals surface area contributed by atoms with Gasteiger partial charge in [-0.1, -0.05) is 78.1 Å². The summed E-state index contributed by atoms with van der Waals surface area (Å²) < 4.78 is 31.6. The van der Waals surface area contributed by atoms with Crippen LogP contribution in [0.1, 0.15) is 90.9 Å². The first kappa shape index (κ1) is 31.9. The number of rotatable bonds is 17. The molecule has 1 unspecified atom stereocenters. The van der Waals surface area contributed by atoms with Crippen molar-refractivity contribution in [3.8, 4) is 19.5 Å². The average Bonchev–Trinajstić information content (AvgIpc) is 3.68. The van der Waals surface area contributed by atoms with Crippen molar-refractivity contribution in [1.82, 2.24) is 0 Å². The number of hydrogen-bond acceptors (Lipinski definition) is 6. The minimum Gasteiger partial charge on any atom is -0.223 e. The Morgan fingerprint density at radius 2 is 1.23 bits per heavy atom. The monoisotopic (exact) mass is 748 g/mol. The molecule has 0 bridgehead atoms. The van der Waals surface area contributed by atoms with Crippen molar-refractivity contribution in [2.24, 2.45) is 5.92 Å². The summed E-state index contributed by atoms with van der Waals surface area (Å²) in [4.78, 5) is 4.70. The molecule has 214 valence electrons. The molecule has 0 radical (unpaired) electrons. The van der Waals surface area contributed by atoms with E-state index in [0.717, 1.165) is 43.3 Å². The van der Waals surface area contributed by atoms with E-state index < -0.39 is 9.84 Å². The van der Waals surface area contributed by atoms with Gasteiger partial charge >= 0.3 is 0 Å². The van der Waals surface area contributed by atoms with Crippen molar-refractivity contribution in [1.29, 1.82) is 0 Å². The van der Waals surface area contributed by atoms with Crippen LogP contribution in [0, 0.1) is 5.92 Å². The van der Waals surface area contributed by atoms with Crippen LogP contribution in [-0.4, -0.2) is 14.2 Å². The Morgan fingerprint density at radius 3 is 1.79 bits per heavy atom. The van der Waals surface area contributed by atoms with Gasteiger partial charge in [0.25, 0.3) is 0 Å². The van der Waals surface area contributed by atoms with Gasteiger partial charge in [-0.2, -0.15) is 0 Å². The van der Waals surface area contributed by atoms with E-state index >= 15 is 0 Å². The molecule has 4 aromatic rings. The average molecular weight is 751 g/mol. The topological polar surface area (TPSA) is 34.1 Å². The van der Waals surface area contributed by atoms with Crippen LogP contribution in [0.25, 0.3) is 29.6 Å². The fourth-order valence-electron chi connectivity index (χ4n) is 5.06. The molecule has 39 heavy (non-hydrogen) atoms. The zero-order valence-corrected chi connectivity index (χ0v) is 30.0. The standard InChI is InChI=1S/C30H38Br2O2S5/c1-3-5-7-9-10-12-14-21(13-11-8-6-4-2)20-39(33,34)27-19-22-28(23-15-17-25(31)35-23)38-30(29(22)37-27)24-16-18-26(32)36-24/h15-19,21H,3-14,20H2,1-2H3. The molecule has 0 saturated carbocycles. The van der Waals surface area contributed by atoms with E-state index in [9.17, 15) is 8.42 Å². The van der Waals surface area contributed by atoms with E-state index in [2.05, 4.69) is 70.0 Å². The number of hydrogen-bond donors (Lipinski definition) is 0. The van der Waals surface area contributed by atoms with Crippen LogP contribution >= 0.6 is 77.2 Å². The number of fused-ring (bicyclic) bond motifs is 1. The molecule has 0 saturated heterocycles. The third-order valence-corrected chi connectivity index (χ3v) is 15.7. The van der Waals surface area contributed by atoms with Crippen LogP contribution in [-0.2, 0) is 9.84 Å². The second kappa shape index (κ2) is 15.4. The van der Waals surface area contributed by atoms with Crippen LogP contribution in [0.3, 0.4) is 0 Å². The van der Waals surface area contributed by atoms with Crippen LogP contribution in [0.4, 0.5) is 0 Å². The van der Waals surface area contributed by atoms with Gasteiger partial charge < -0.3 is 0 Å². The summed E-state index contributed by atoms with van der Waals surface area (Å²) in [6.07, 6.45) is 14.3. The van der Waals surface area contributed by atoms with Crippen molar-refractivity contribution in [3.63, 3.8) is 0 Å². The van der Waals surface area contributed by atoms with E-state index in [0.29, 0.717) is 4.21 Å². The van der Waals surface area contributed by atoms with Gasteiger partial charge in [-0.15, -0.1) is 45.3 Å². The zero-order chi connectivity index (χ0) is 27.8. The SMILES string of the molecule is CCCCCCCCC(CCCCCC)CS(=O)(=O)c1cc2c(-c3ccc(Br)s3)sc(-c3ccc(Br)s3)c2s1. The molecule has 0 aliphatic rings. The first-order chi connectivity index (χ1) is 18.8. The minimum absolute atomic E-state index is 0.248. The number of unbranched alkanes of at least 4 members (excludes halogenated alkanes) is 8. The molecule has 0 spiro atoms. The van der Waals surface area contributed by atoms with Crippen molar-refractivity contribution in [2.45, 2.75) is 95.1 Å². The molecule has 4 rings (SSSR count). The highest BCUT2D eigenvalue weighted by atomic mass is 79.9. The minimum atomic E-state index is -3.36. The van der Waals surface area contributed by atoms with E-state index in [4.69, 9.17) is 0 Å². The third-order valence-electron chi connectivity index (χ3n) is 7.15. The molecule has 0 aliphatic heterocycles. The molecule has 0 N–H and O–H groups in total. The van der Waals surface area contributed by atoms with Gasteiger partial charge in [-0.25, -0.2) is 8.42 Å². The first-order valence-electron chi connectivity index (χ1n) is 14.1. The molecule has 4 heterocycles. The first-order valence-corrected chi connectivity index (χ1v) is 20.6. The fourth-order valence-corrected chi connectivity index (χ4v) is 12.9. The molecule has 9 heteroatoms. The highest BCUT2D eigenvalue weighted by molar-refractivity contribution is 9.11. The van der Waals surface area contributed by atoms with Crippen LogP contribution in [0.2, 0.25) is 0 Å². The van der Waals surface area contributed by atoms with Gasteiger partial charge in [0, 0.05) is 15.1 Å². The summed E-state index contributed by atoms with van der Waals surface area (Å²) in [6, 6.07) is 10.4. The van der Waals surface area contributed by atoms with Gasteiger partial charge in [0.05, 0.1) is 27.8 Å². The Labute approximate surface area is 267 Å². The predicted octanol–water partition coefficient (Wildman–Crippen LogP) is 13.1. The Morgan fingerprint density at radius 1 is 0.692 bits per heavy atom. The lowest BCUT2D eigenvalue weighted by atomic mass is 9.96. The van der Waals surface area contributed by atoms with Crippen molar-refractivity contribution < 1.29 is 8.42 Å². The normalized spacial score (nSPS) is 13.0. The smallest absolute Gasteiger partial charge is 0.188 e. The maximum absolute atomic E-state index is 13.9. The number of sulfone groups is 1. The van der Waals surface area contributed by atoms with Crippen LogP contribution in [0.15, 0.2) is 42.1 Å². The van der Waals surface area contributed by atoms with E-state index in [-0.39, 0.29) is 11.7 Å². The van der Waals surface area contributed by atoms with Gasteiger partial charge in [0.15, 0.2) is 9.84 Å². The second-order valence-electron chi connectivity index (χ2n) is 10.3. The van der Waals surface area contributed by atoms with Crippen molar-refractivity contribution in [3.05, 3.63) is 37.9 Å². The maximum atomic E-state index is 13.9. The summed E-state index contributed by atoms with van der Waals surface area (Å²) >= 11 is 13.9. The van der Waals surface area contributed by atoms with Crippen LogP contribution in [0.5, 0.6) is 0 Å². The van der Waals surface area contributed by atoms with Crippen molar-refractivity contribution >= 4 is 97.1 Å². The fraction of sp³-hybridized carbons (Fsp3) is 0.533. The molecule has 4 aromatic heterocycles. The van der Waals surface area contributed by atoms with E-state index in [1.807, 2.05) is 6.07 Å². The van der Waals surface area contributed by atoms with Gasteiger partial charge in [0.2, 0.25) is 0 Å². The molecule has 0 amide bonds. The quantitative estimate of drug-likeness (QED) is 0.101. The van der Waals surface area contributed by atoms with Gasteiger partial charge in [-0.05, 0) is 81.0 Å². The lowest BCUT2D eigenvalue weighted by Crippen LogP contribution is -2.16. The Kier molecular flexibility index (Phi) is 12.6. The van der Waals surface area contributed by atoms with Crippen LogP contribution < -0.4 is 0 Å². The third kappa shape index (κ3) is 8.74. The summed E-state index contributed by atoms with van der Waals surface area (Å²) in [6.45, 7) is 4.48. The number of thiophene rings is 4. The second-order valence-corrected chi connectivity index (χ2v) is 19.6. The Balaban J connectivity index is 1.59. The summed E-state index contributed by atoms with van der Waals surface area (Å²) in [5.41, 5.74) is 0. The summed E-state index contributed by atoms with van der Waals surface area (Å²) in [5, 5.41) is 1.08. The van der Waals surface area contributed by atoms with Crippen molar-refractivity contribution in [2.75, 3.05) is 5.75 Å². The lowest BCUT2D eigenvalue weighted by Gasteiger charge is -2.17. The molecule has 2 nitrogen and oxygen atoms in total. The Bertz CT molecular complexity index is 1350. The maximum Gasteiger partial charge on any atom is 0.188 e.